The van der Waals surface area contributed by atoms with E-state index in [1.807, 2.05) is 56.3 Å². The number of benzene rings is 2. The molecular weight excluding hydrogens is 616 g/mol. The number of hydrogen-bond acceptors (Lipinski definition) is 11. The number of anilines is 1. The molecule has 2 aromatic heterocycles. The average molecular weight is 655 g/mol. The number of aromatic nitrogens is 2. The Hall–Kier alpha value is -4.97. The number of ether oxygens (including phenoxy) is 2. The summed E-state index contributed by atoms with van der Waals surface area (Å²) in [5.41, 5.74) is 2.97. The van der Waals surface area contributed by atoms with Crippen LogP contribution in [-0.4, -0.2) is 52.2 Å². The van der Waals surface area contributed by atoms with E-state index in [9.17, 15) is 19.5 Å². The van der Waals surface area contributed by atoms with Gasteiger partial charge >= 0.3 is 5.97 Å². The number of nitrogens with zero attached hydrogens (tertiary/aromatic N) is 2. The van der Waals surface area contributed by atoms with E-state index >= 15 is 0 Å². The van der Waals surface area contributed by atoms with Gasteiger partial charge in [0, 0.05) is 23.6 Å². The lowest BCUT2D eigenvalue weighted by Gasteiger charge is -2.28. The third-order valence-electron chi connectivity index (χ3n) is 9.55. The summed E-state index contributed by atoms with van der Waals surface area (Å²) in [7, 11) is 1.31. The standard InChI is InChI=1S/C36H38N4O8/c1-17(2)28-34-40-29(33-37-21(16-46-33)15-27(42)45-5)31(48-34)36-22-8-6-7-9-24(22)38-35(36)47-26-11-10-19(13-23(26)36)12-20(32(44)39-28)14-25(41)30(43)18(3)4/h6-11,13,16-18,20,28,30,35,38,43H,12,14-15H2,1-5H3,(H,39,44)/t20?,28-,30-,35-,36?/m0/s1. The quantitative estimate of drug-likeness (QED) is 0.229. The van der Waals surface area contributed by atoms with Crippen LogP contribution >= 0.6 is 0 Å². The van der Waals surface area contributed by atoms with E-state index < -0.39 is 35.7 Å². The predicted molar refractivity (Wildman–Crippen MR) is 172 cm³/mol. The van der Waals surface area contributed by atoms with Gasteiger partial charge in [-0.15, -0.1) is 0 Å². The zero-order valence-corrected chi connectivity index (χ0v) is 27.4. The lowest BCUT2D eigenvalue weighted by molar-refractivity contribution is -0.139. The second kappa shape index (κ2) is 11.9. The highest BCUT2D eigenvalue weighted by Crippen LogP contribution is 2.59. The van der Waals surface area contributed by atoms with E-state index in [0.29, 0.717) is 22.9 Å². The van der Waals surface area contributed by atoms with Gasteiger partial charge in [-0.25, -0.2) is 9.97 Å². The van der Waals surface area contributed by atoms with Gasteiger partial charge in [0.25, 0.3) is 0 Å². The number of aliphatic hydroxyl groups is 1. The van der Waals surface area contributed by atoms with Crippen molar-refractivity contribution < 1.29 is 37.8 Å². The van der Waals surface area contributed by atoms with Crippen LogP contribution in [0.15, 0.2) is 57.6 Å². The number of para-hydroxylation sites is 1. The number of methoxy groups -OCH3 is 1. The maximum absolute atomic E-state index is 14.0. The van der Waals surface area contributed by atoms with Gasteiger partial charge in [-0.1, -0.05) is 58.0 Å². The number of rotatable bonds is 8. The Balaban J connectivity index is 1.46. The number of aliphatic hydroxyl groups excluding tert-OH is 1. The summed E-state index contributed by atoms with van der Waals surface area (Å²) in [4.78, 5) is 48.8. The van der Waals surface area contributed by atoms with Gasteiger partial charge in [0.2, 0.25) is 17.7 Å². The van der Waals surface area contributed by atoms with Crippen molar-refractivity contribution >= 4 is 23.3 Å². The fourth-order valence-corrected chi connectivity index (χ4v) is 7.01. The molecular formula is C36H38N4O8. The molecule has 48 heavy (non-hydrogen) atoms. The first-order chi connectivity index (χ1) is 23.0. The number of carbonyl (C=O) groups is 3. The molecule has 5 heterocycles. The van der Waals surface area contributed by atoms with Crippen LogP contribution in [0.3, 0.4) is 0 Å². The highest BCUT2D eigenvalue weighted by atomic mass is 16.5. The molecule has 3 aliphatic rings. The number of hydrogen-bond donors (Lipinski definition) is 3. The van der Waals surface area contributed by atoms with Gasteiger partial charge in [-0.2, -0.15) is 0 Å². The maximum atomic E-state index is 14.0. The van der Waals surface area contributed by atoms with Gasteiger partial charge in [0.05, 0.1) is 19.2 Å². The molecule has 4 bridgehead atoms. The van der Waals surface area contributed by atoms with Crippen molar-refractivity contribution in [1.29, 1.82) is 0 Å². The maximum Gasteiger partial charge on any atom is 0.311 e. The minimum Gasteiger partial charge on any atom is -0.469 e. The molecule has 1 amide bonds. The third kappa shape index (κ3) is 5.06. The van der Waals surface area contributed by atoms with Crippen molar-refractivity contribution in [2.75, 3.05) is 12.4 Å². The van der Waals surface area contributed by atoms with Crippen LogP contribution in [0.4, 0.5) is 5.69 Å². The normalized spacial score (nSPS) is 22.9. The van der Waals surface area contributed by atoms with E-state index in [4.69, 9.17) is 23.3 Å². The fraction of sp³-hybridized carbons (Fsp3) is 0.417. The summed E-state index contributed by atoms with van der Waals surface area (Å²) < 4.78 is 24.2. The summed E-state index contributed by atoms with van der Waals surface area (Å²) in [6.07, 6.45) is -0.391. The summed E-state index contributed by atoms with van der Waals surface area (Å²) >= 11 is 0. The van der Waals surface area contributed by atoms with Gasteiger partial charge in [0.15, 0.2) is 23.5 Å². The zero-order chi connectivity index (χ0) is 33.9. The molecule has 0 fully saturated rings. The largest absolute Gasteiger partial charge is 0.469 e. The van der Waals surface area contributed by atoms with Gasteiger partial charge in [-0.05, 0) is 41.5 Å². The second-order valence-electron chi connectivity index (χ2n) is 13.4. The number of ketones is 1. The van der Waals surface area contributed by atoms with Crippen LogP contribution in [0, 0.1) is 17.8 Å². The molecule has 0 aliphatic carbocycles. The minimum atomic E-state index is -1.18. The lowest BCUT2D eigenvalue weighted by Crippen LogP contribution is -2.41. The van der Waals surface area contributed by atoms with Crippen molar-refractivity contribution in [3.05, 3.63) is 82.8 Å². The molecule has 7 rings (SSSR count). The third-order valence-corrected chi connectivity index (χ3v) is 9.55. The average Bonchev–Trinajstić information content (AvgIpc) is 3.83. The minimum absolute atomic E-state index is 0.0935. The van der Waals surface area contributed by atoms with Gasteiger partial charge in [-0.3, -0.25) is 14.4 Å². The van der Waals surface area contributed by atoms with Gasteiger partial charge < -0.3 is 34.0 Å². The van der Waals surface area contributed by atoms with E-state index in [-0.39, 0.29) is 54.6 Å². The highest BCUT2D eigenvalue weighted by Gasteiger charge is 2.61. The second-order valence-corrected chi connectivity index (χ2v) is 13.4. The first-order valence-electron chi connectivity index (χ1n) is 16.2. The Morgan fingerprint density at radius 2 is 1.88 bits per heavy atom. The number of oxazole rings is 2. The SMILES string of the molecule is COC(=O)Cc1coc(-c2nc3oc2C24c5ccccc5N[C@H]2Oc2ccc(cc24)CC(CC(=O)[C@@H](O)C(C)C)C(=O)N[C@H]3C(C)C)n1. The summed E-state index contributed by atoms with van der Waals surface area (Å²) in [6, 6.07) is 12.9. The Bertz CT molecular complexity index is 1910. The first kappa shape index (κ1) is 31.6. The van der Waals surface area contributed by atoms with E-state index in [2.05, 4.69) is 15.6 Å². The molecule has 0 saturated heterocycles. The summed E-state index contributed by atoms with van der Waals surface area (Å²) in [5, 5.41) is 17.2. The molecule has 0 saturated carbocycles. The smallest absolute Gasteiger partial charge is 0.311 e. The van der Waals surface area contributed by atoms with Crippen molar-refractivity contribution in [2.24, 2.45) is 17.8 Å². The van der Waals surface area contributed by atoms with Crippen molar-refractivity contribution in [3.8, 4) is 17.3 Å². The molecule has 2 aromatic carbocycles. The van der Waals surface area contributed by atoms with Crippen LogP contribution < -0.4 is 15.4 Å². The molecule has 2 unspecified atom stereocenters. The van der Waals surface area contributed by atoms with E-state index in [1.165, 1.54) is 13.4 Å². The lowest BCUT2D eigenvalue weighted by atomic mass is 9.72. The Morgan fingerprint density at radius 3 is 2.62 bits per heavy atom. The van der Waals surface area contributed by atoms with Crippen LogP contribution in [-0.2, 0) is 37.4 Å². The molecule has 5 atom stereocenters. The molecule has 3 aliphatic heterocycles. The Morgan fingerprint density at radius 1 is 1.08 bits per heavy atom. The number of carbonyl (C=O) groups excluding carboxylic acids is 3. The number of fused-ring (bicyclic) bond motifs is 4. The van der Waals surface area contributed by atoms with E-state index in [0.717, 1.165) is 22.4 Å². The summed E-state index contributed by atoms with van der Waals surface area (Å²) in [6.45, 7) is 7.42. The fourth-order valence-electron chi connectivity index (χ4n) is 7.01. The molecule has 4 aromatic rings. The number of nitrogens with one attached hydrogen (secondary N) is 2. The van der Waals surface area contributed by atoms with Crippen LogP contribution in [0.5, 0.6) is 5.75 Å². The molecule has 3 N–H and O–H groups in total. The highest BCUT2D eigenvalue weighted by molar-refractivity contribution is 5.89. The zero-order valence-electron chi connectivity index (χ0n) is 27.4. The molecule has 250 valence electrons. The molecule has 1 spiro atoms. The van der Waals surface area contributed by atoms with Crippen molar-refractivity contribution in [3.63, 3.8) is 0 Å². The number of esters is 1. The van der Waals surface area contributed by atoms with E-state index in [1.54, 1.807) is 13.8 Å². The first-order valence-corrected chi connectivity index (χ1v) is 16.2. The molecule has 0 radical (unpaired) electrons. The summed E-state index contributed by atoms with van der Waals surface area (Å²) in [5.74, 6) is -1.04. The molecule has 12 nitrogen and oxygen atoms in total. The van der Waals surface area contributed by atoms with Crippen LogP contribution in [0.25, 0.3) is 11.6 Å². The van der Waals surface area contributed by atoms with Crippen LogP contribution in [0.1, 0.15) is 74.2 Å². The topological polar surface area (TPSA) is 166 Å². The monoisotopic (exact) mass is 654 g/mol. The number of amides is 1. The van der Waals surface area contributed by atoms with Gasteiger partial charge in [0.1, 0.15) is 29.6 Å². The van der Waals surface area contributed by atoms with Crippen LogP contribution in [0.2, 0.25) is 0 Å². The van der Waals surface area contributed by atoms with Crippen molar-refractivity contribution in [1.82, 2.24) is 15.3 Å². The van der Waals surface area contributed by atoms with Crippen molar-refractivity contribution in [2.45, 2.75) is 70.7 Å². The Kier molecular flexibility index (Phi) is 7.86. The predicted octanol–water partition coefficient (Wildman–Crippen LogP) is 4.49. The Labute approximate surface area is 277 Å². The molecule has 12 heteroatoms. The number of Topliss-reactive ketones (excluding diaryl/α,β-unsaturated/α-hetero) is 1.